The molecule has 0 saturated carbocycles. The largest absolute Gasteiger partial charge is 0.378 e. The van der Waals surface area contributed by atoms with Gasteiger partial charge in [-0.2, -0.15) is 5.10 Å². The first-order chi connectivity index (χ1) is 14.6. The van der Waals surface area contributed by atoms with E-state index >= 15 is 0 Å². The Morgan fingerprint density at radius 1 is 1.03 bits per heavy atom. The fourth-order valence-electron chi connectivity index (χ4n) is 3.45. The van der Waals surface area contributed by atoms with Gasteiger partial charge in [0, 0.05) is 37.1 Å². The summed E-state index contributed by atoms with van der Waals surface area (Å²) in [7, 11) is 0. The fraction of sp³-hybridized carbons (Fsp3) is 0.261. The van der Waals surface area contributed by atoms with Crippen molar-refractivity contribution in [2.75, 3.05) is 31.2 Å². The number of benzene rings is 2. The van der Waals surface area contributed by atoms with Crippen LogP contribution in [0, 0.1) is 6.92 Å². The molecule has 0 atom stereocenters. The lowest BCUT2D eigenvalue weighted by Crippen LogP contribution is -2.36. The number of aromatic nitrogens is 2. The molecule has 1 saturated heterocycles. The van der Waals surface area contributed by atoms with E-state index in [1.165, 1.54) is 6.07 Å². The van der Waals surface area contributed by atoms with Crippen LogP contribution in [-0.4, -0.2) is 42.0 Å². The number of morpholine rings is 1. The van der Waals surface area contributed by atoms with E-state index in [-0.39, 0.29) is 11.1 Å². The third-order valence-corrected chi connectivity index (χ3v) is 5.09. The third kappa shape index (κ3) is 4.41. The highest BCUT2D eigenvalue weighted by molar-refractivity contribution is 5.92. The van der Waals surface area contributed by atoms with Gasteiger partial charge in [0.1, 0.15) is 0 Å². The predicted molar refractivity (Wildman–Crippen MR) is 115 cm³/mol. The number of nitrogens with one attached hydrogen (secondary N) is 1. The lowest BCUT2D eigenvalue weighted by atomic mass is 10.2. The number of rotatable bonds is 5. The van der Waals surface area contributed by atoms with Crippen molar-refractivity contribution in [2.45, 2.75) is 13.5 Å². The Hall–Kier alpha value is -3.45. The van der Waals surface area contributed by atoms with Gasteiger partial charge in [-0.15, -0.1) is 0 Å². The molecule has 1 N–H and O–H groups in total. The van der Waals surface area contributed by atoms with E-state index in [4.69, 9.17) is 4.74 Å². The number of amides is 1. The van der Waals surface area contributed by atoms with Gasteiger partial charge in [-0.3, -0.25) is 9.59 Å². The minimum atomic E-state index is -0.484. The van der Waals surface area contributed by atoms with E-state index < -0.39 is 5.91 Å². The lowest BCUT2D eigenvalue weighted by molar-refractivity contribution is 0.0943. The molecule has 4 rings (SSSR count). The molecule has 1 aliphatic rings. The van der Waals surface area contributed by atoms with Gasteiger partial charge >= 0.3 is 0 Å². The van der Waals surface area contributed by atoms with Crippen LogP contribution in [0.1, 0.15) is 21.7 Å². The Kier molecular flexibility index (Phi) is 5.90. The number of carbonyl (C=O) groups excluding carboxylic acids is 1. The van der Waals surface area contributed by atoms with E-state index in [2.05, 4.69) is 15.3 Å². The highest BCUT2D eigenvalue weighted by Gasteiger charge is 2.15. The van der Waals surface area contributed by atoms with Crippen LogP contribution in [0.3, 0.4) is 0 Å². The summed E-state index contributed by atoms with van der Waals surface area (Å²) in [6, 6.07) is 18.9. The maximum Gasteiger partial charge on any atom is 0.276 e. The molecule has 0 spiro atoms. The summed E-state index contributed by atoms with van der Waals surface area (Å²) >= 11 is 0. The Balaban J connectivity index is 1.46. The van der Waals surface area contributed by atoms with Crippen LogP contribution in [-0.2, 0) is 11.3 Å². The summed E-state index contributed by atoms with van der Waals surface area (Å²) in [6.07, 6.45) is 0. The SMILES string of the molecule is Cc1cc(=O)c(C(=O)NCc2ccc(N3CCOCC3)cc2)nn1-c1ccccc1. The number of para-hydroxylation sites is 1. The monoisotopic (exact) mass is 404 g/mol. The zero-order valence-corrected chi connectivity index (χ0v) is 16.9. The minimum Gasteiger partial charge on any atom is -0.378 e. The quantitative estimate of drug-likeness (QED) is 0.706. The molecule has 2 aromatic carbocycles. The topological polar surface area (TPSA) is 76.5 Å². The number of hydrogen-bond acceptors (Lipinski definition) is 5. The highest BCUT2D eigenvalue weighted by Crippen LogP contribution is 2.16. The van der Waals surface area contributed by atoms with Gasteiger partial charge in [0.05, 0.1) is 18.9 Å². The molecule has 0 aliphatic carbocycles. The summed E-state index contributed by atoms with van der Waals surface area (Å²) in [5, 5.41) is 7.11. The molecule has 1 fully saturated rings. The Bertz CT molecular complexity index is 1070. The smallest absolute Gasteiger partial charge is 0.276 e. The van der Waals surface area contributed by atoms with Gasteiger partial charge in [-0.1, -0.05) is 30.3 Å². The van der Waals surface area contributed by atoms with Crippen LogP contribution < -0.4 is 15.6 Å². The van der Waals surface area contributed by atoms with E-state index in [0.29, 0.717) is 12.2 Å². The average Bonchev–Trinajstić information content (AvgIpc) is 2.79. The van der Waals surface area contributed by atoms with Crippen molar-refractivity contribution in [2.24, 2.45) is 0 Å². The number of ether oxygens (including phenoxy) is 1. The van der Waals surface area contributed by atoms with Gasteiger partial charge in [0.25, 0.3) is 5.91 Å². The fourth-order valence-corrected chi connectivity index (χ4v) is 3.45. The Morgan fingerprint density at radius 2 is 1.73 bits per heavy atom. The average molecular weight is 404 g/mol. The van der Waals surface area contributed by atoms with Crippen LogP contribution in [0.4, 0.5) is 5.69 Å². The van der Waals surface area contributed by atoms with Crippen molar-refractivity contribution in [3.63, 3.8) is 0 Å². The van der Waals surface area contributed by atoms with E-state index in [9.17, 15) is 9.59 Å². The standard InChI is InChI=1S/C23H24N4O3/c1-17-15-21(28)22(25-27(17)20-5-3-2-4-6-20)23(29)24-16-18-7-9-19(10-8-18)26-11-13-30-14-12-26/h2-10,15H,11-14,16H2,1H3,(H,24,29). The number of carbonyl (C=O) groups is 1. The molecule has 2 heterocycles. The molecule has 30 heavy (non-hydrogen) atoms. The molecule has 0 unspecified atom stereocenters. The maximum absolute atomic E-state index is 12.6. The predicted octanol–water partition coefficient (Wildman–Crippen LogP) is 2.31. The van der Waals surface area contributed by atoms with Crippen molar-refractivity contribution in [1.29, 1.82) is 0 Å². The van der Waals surface area contributed by atoms with Gasteiger partial charge in [0.15, 0.2) is 5.69 Å². The normalized spacial score (nSPS) is 13.8. The Morgan fingerprint density at radius 3 is 2.43 bits per heavy atom. The van der Waals surface area contributed by atoms with Gasteiger partial charge in [0.2, 0.25) is 5.43 Å². The minimum absolute atomic E-state index is 0.116. The molecular formula is C23H24N4O3. The second kappa shape index (κ2) is 8.92. The molecule has 0 bridgehead atoms. The van der Waals surface area contributed by atoms with Gasteiger partial charge in [-0.05, 0) is 36.8 Å². The number of aryl methyl sites for hydroxylation is 1. The van der Waals surface area contributed by atoms with Crippen molar-refractivity contribution in [1.82, 2.24) is 15.1 Å². The van der Waals surface area contributed by atoms with Gasteiger partial charge in [-0.25, -0.2) is 4.68 Å². The van der Waals surface area contributed by atoms with Crippen LogP contribution in [0.15, 0.2) is 65.5 Å². The van der Waals surface area contributed by atoms with Crippen LogP contribution in [0.25, 0.3) is 5.69 Å². The van der Waals surface area contributed by atoms with Crippen molar-refractivity contribution < 1.29 is 9.53 Å². The summed E-state index contributed by atoms with van der Waals surface area (Å²) < 4.78 is 6.99. The molecule has 1 aliphatic heterocycles. The first kappa shape index (κ1) is 19.8. The summed E-state index contributed by atoms with van der Waals surface area (Å²) in [4.78, 5) is 27.3. The third-order valence-electron chi connectivity index (χ3n) is 5.09. The summed E-state index contributed by atoms with van der Waals surface area (Å²) in [5.74, 6) is -0.484. The summed E-state index contributed by atoms with van der Waals surface area (Å²) in [5.41, 5.74) is 3.05. The van der Waals surface area contributed by atoms with Crippen LogP contribution in [0.2, 0.25) is 0 Å². The molecule has 3 aromatic rings. The van der Waals surface area contributed by atoms with E-state index in [1.807, 2.05) is 54.6 Å². The first-order valence-corrected chi connectivity index (χ1v) is 9.98. The van der Waals surface area contributed by atoms with E-state index in [0.717, 1.165) is 43.2 Å². The van der Waals surface area contributed by atoms with Crippen molar-refractivity contribution in [3.05, 3.63) is 87.8 Å². The maximum atomic E-state index is 12.6. The molecule has 0 radical (unpaired) electrons. The molecule has 1 aromatic heterocycles. The Labute approximate surface area is 174 Å². The summed E-state index contributed by atoms with van der Waals surface area (Å²) in [6.45, 7) is 5.34. The molecular weight excluding hydrogens is 380 g/mol. The van der Waals surface area contributed by atoms with Gasteiger partial charge < -0.3 is 15.0 Å². The van der Waals surface area contributed by atoms with Crippen molar-refractivity contribution >= 4 is 11.6 Å². The number of nitrogens with zero attached hydrogens (tertiary/aromatic N) is 3. The lowest BCUT2D eigenvalue weighted by Gasteiger charge is -2.28. The van der Waals surface area contributed by atoms with Crippen LogP contribution in [0.5, 0.6) is 0 Å². The second-order valence-electron chi connectivity index (χ2n) is 7.19. The molecule has 7 heteroatoms. The molecule has 1 amide bonds. The number of hydrogen-bond donors (Lipinski definition) is 1. The number of anilines is 1. The zero-order chi connectivity index (χ0) is 20.9. The second-order valence-corrected chi connectivity index (χ2v) is 7.19. The first-order valence-electron chi connectivity index (χ1n) is 9.98. The highest BCUT2D eigenvalue weighted by atomic mass is 16.5. The van der Waals surface area contributed by atoms with E-state index in [1.54, 1.807) is 11.6 Å². The van der Waals surface area contributed by atoms with Crippen LogP contribution >= 0.6 is 0 Å². The molecule has 7 nitrogen and oxygen atoms in total. The molecule has 154 valence electrons. The zero-order valence-electron chi connectivity index (χ0n) is 16.9. The van der Waals surface area contributed by atoms with Crippen molar-refractivity contribution in [3.8, 4) is 5.69 Å².